The van der Waals surface area contributed by atoms with Gasteiger partial charge in [0.1, 0.15) is 17.3 Å². The normalized spacial score (nSPS) is 26.9. The lowest BCUT2D eigenvalue weighted by Gasteiger charge is -2.58. The van der Waals surface area contributed by atoms with Crippen LogP contribution in [0.2, 0.25) is 0 Å². The molecule has 0 bridgehead atoms. The van der Waals surface area contributed by atoms with Crippen molar-refractivity contribution in [2.24, 2.45) is 46.3 Å². The minimum Gasteiger partial charge on any atom is -0.462 e. The number of allylic oxidation sites excluding steroid dienone is 1. The molecule has 386 valence electrons. The molecule has 0 aromatic carbocycles. The molecule has 3 saturated carbocycles. The minimum absolute atomic E-state index is 0.0110. The number of carbonyl (C=O) groups is 4. The maximum Gasteiger partial charge on any atom is 0.408 e. The summed E-state index contributed by atoms with van der Waals surface area (Å²) in [7, 11) is 0. The van der Waals surface area contributed by atoms with Crippen molar-refractivity contribution in [2.75, 3.05) is 26.2 Å². The number of rotatable bonds is 23. The molecule has 0 saturated heterocycles. The number of carbonyl (C=O) groups excluding carboxylic acids is 4. The van der Waals surface area contributed by atoms with Crippen LogP contribution in [0.25, 0.3) is 0 Å². The van der Waals surface area contributed by atoms with Gasteiger partial charge >= 0.3 is 18.2 Å². The molecule has 0 aromatic rings. The van der Waals surface area contributed by atoms with Crippen LogP contribution in [0, 0.1) is 46.3 Å². The second-order valence-electron chi connectivity index (χ2n) is 25.9. The fourth-order valence-electron chi connectivity index (χ4n) is 12.7. The van der Waals surface area contributed by atoms with Crippen LogP contribution < -0.4 is 16.0 Å². The van der Waals surface area contributed by atoms with Gasteiger partial charge in [-0.05, 0) is 206 Å². The average Bonchev–Trinajstić information content (AvgIpc) is 3.53. The van der Waals surface area contributed by atoms with Crippen molar-refractivity contribution in [2.45, 2.75) is 248 Å². The van der Waals surface area contributed by atoms with Crippen LogP contribution >= 0.6 is 0 Å². The standard InChI is InChI=1S/C56H100N4O7/c1-39(2)20-18-21-40(3)44-26-27-45-43-25-24-41-38-42(28-30-55(41,14)46(43)29-31-56(44,45)15)65-48(62)23-19-22-47(61)60(37-33-54(12,13)59-50(64)67-52(7,8)9)36-17-16-34-57-35-32-53(10,11)58-49(63)66-51(4,5)6/h24,39-40,42-46,57H,16-23,25-38H2,1-15H3,(H,58,63)(H,59,64)/t40-,42+,43+,44-,45+,46+,55+,56-/m1/s1. The minimum atomic E-state index is -0.612. The first-order valence-corrected chi connectivity index (χ1v) is 26.9. The monoisotopic (exact) mass is 941 g/mol. The number of alkyl carbamates (subject to hydrolysis) is 2. The van der Waals surface area contributed by atoms with Gasteiger partial charge in [0.05, 0.1) is 0 Å². The van der Waals surface area contributed by atoms with E-state index in [0.717, 1.165) is 87.1 Å². The summed E-state index contributed by atoms with van der Waals surface area (Å²) < 4.78 is 17.1. The number of fused-ring (bicyclic) bond motifs is 5. The first kappa shape index (κ1) is 56.8. The van der Waals surface area contributed by atoms with E-state index in [2.05, 4.69) is 56.6 Å². The van der Waals surface area contributed by atoms with Crippen LogP contribution in [0.5, 0.6) is 0 Å². The van der Waals surface area contributed by atoms with Crippen molar-refractivity contribution in [3.8, 4) is 0 Å². The van der Waals surface area contributed by atoms with Gasteiger partial charge < -0.3 is 35.1 Å². The molecule has 0 aromatic heterocycles. The summed E-state index contributed by atoms with van der Waals surface area (Å²) in [5.74, 6) is 4.62. The molecule has 11 heteroatoms. The molecule has 4 aliphatic carbocycles. The third-order valence-electron chi connectivity index (χ3n) is 16.3. The van der Waals surface area contributed by atoms with E-state index in [1.165, 1.54) is 56.9 Å². The van der Waals surface area contributed by atoms with Crippen molar-refractivity contribution in [1.29, 1.82) is 0 Å². The molecular weight excluding hydrogens is 841 g/mol. The Morgan fingerprint density at radius 1 is 0.716 bits per heavy atom. The molecule has 4 aliphatic rings. The van der Waals surface area contributed by atoms with E-state index in [1.807, 2.05) is 74.1 Å². The zero-order valence-electron chi connectivity index (χ0n) is 45.5. The van der Waals surface area contributed by atoms with E-state index >= 15 is 0 Å². The Morgan fingerprint density at radius 3 is 1.99 bits per heavy atom. The molecular formula is C56H100N4O7. The highest BCUT2D eigenvalue weighted by molar-refractivity contribution is 5.77. The van der Waals surface area contributed by atoms with Crippen molar-refractivity contribution in [3.63, 3.8) is 0 Å². The van der Waals surface area contributed by atoms with E-state index < -0.39 is 34.5 Å². The maximum atomic E-state index is 13.8. The number of unbranched alkanes of at least 4 members (excludes halogenated alkanes) is 1. The second-order valence-corrected chi connectivity index (χ2v) is 25.9. The Hall–Kier alpha value is -2.82. The SMILES string of the molecule is CC(C)CCC[C@@H](C)[C@H]1CC[C@H]2[C@@H]3CC=C4C[C@@H](OC(=O)CCCC(=O)N(CCCCNCCC(C)(C)NC(=O)OC(C)(C)C)CCC(C)(C)NC(=O)OC(C)(C)C)CC[C@]4(C)[C@H]3CC[C@]12C. The molecule has 0 spiro atoms. The van der Waals surface area contributed by atoms with E-state index in [9.17, 15) is 19.2 Å². The molecule has 11 nitrogen and oxygen atoms in total. The Kier molecular flexibility index (Phi) is 20.2. The van der Waals surface area contributed by atoms with Crippen molar-refractivity contribution >= 4 is 24.1 Å². The molecule has 0 aliphatic heterocycles. The molecule has 3 fully saturated rings. The molecule has 3 amide bonds. The lowest BCUT2D eigenvalue weighted by molar-refractivity contribution is -0.151. The van der Waals surface area contributed by atoms with Crippen LogP contribution in [-0.2, 0) is 23.8 Å². The van der Waals surface area contributed by atoms with Gasteiger partial charge in [-0.25, -0.2) is 9.59 Å². The number of ether oxygens (including phenoxy) is 3. The van der Waals surface area contributed by atoms with Gasteiger partial charge in [0.15, 0.2) is 0 Å². The van der Waals surface area contributed by atoms with Gasteiger partial charge in [0.25, 0.3) is 0 Å². The van der Waals surface area contributed by atoms with Gasteiger partial charge in [0.2, 0.25) is 5.91 Å². The topological polar surface area (TPSA) is 135 Å². The largest absolute Gasteiger partial charge is 0.462 e. The fraction of sp³-hybridized carbons (Fsp3) is 0.893. The first-order valence-electron chi connectivity index (χ1n) is 26.9. The summed E-state index contributed by atoms with van der Waals surface area (Å²) in [6.07, 6.45) is 19.1. The molecule has 4 rings (SSSR count). The first-order chi connectivity index (χ1) is 31.0. The highest BCUT2D eigenvalue weighted by atomic mass is 16.6. The van der Waals surface area contributed by atoms with E-state index in [1.54, 1.807) is 0 Å². The third kappa shape index (κ3) is 17.5. The zero-order chi connectivity index (χ0) is 50.0. The highest BCUT2D eigenvalue weighted by Crippen LogP contribution is 2.67. The molecule has 0 radical (unpaired) electrons. The lowest BCUT2D eigenvalue weighted by Crippen LogP contribution is -2.51. The summed E-state index contributed by atoms with van der Waals surface area (Å²) in [5.41, 5.74) is 0.0171. The molecule has 67 heavy (non-hydrogen) atoms. The van der Waals surface area contributed by atoms with Crippen LogP contribution in [0.1, 0.15) is 219 Å². The molecule has 3 N–H and O–H groups in total. The van der Waals surface area contributed by atoms with E-state index in [0.29, 0.717) is 31.3 Å². The van der Waals surface area contributed by atoms with Gasteiger partial charge in [-0.15, -0.1) is 0 Å². The van der Waals surface area contributed by atoms with E-state index in [4.69, 9.17) is 14.2 Å². The maximum absolute atomic E-state index is 13.8. The van der Waals surface area contributed by atoms with Gasteiger partial charge in [-0.3, -0.25) is 9.59 Å². The molecule has 8 atom stereocenters. The number of nitrogens with one attached hydrogen (secondary N) is 3. The van der Waals surface area contributed by atoms with Crippen LogP contribution in [0.3, 0.4) is 0 Å². The Bertz CT molecular complexity index is 1660. The number of esters is 1. The summed E-state index contributed by atoms with van der Waals surface area (Å²) in [6, 6.07) is 0. The summed E-state index contributed by atoms with van der Waals surface area (Å²) in [6.45, 7) is 33.9. The molecule has 0 heterocycles. The number of nitrogens with zero attached hydrogens (tertiary/aromatic N) is 1. The summed E-state index contributed by atoms with van der Waals surface area (Å²) in [5, 5.41) is 9.42. The predicted octanol–water partition coefficient (Wildman–Crippen LogP) is 12.7. The van der Waals surface area contributed by atoms with Gasteiger partial charge in [-0.1, -0.05) is 65.5 Å². The smallest absolute Gasteiger partial charge is 0.408 e. The number of hydrogen-bond acceptors (Lipinski definition) is 8. The highest BCUT2D eigenvalue weighted by Gasteiger charge is 2.59. The molecule has 0 unspecified atom stereocenters. The van der Waals surface area contributed by atoms with Gasteiger partial charge in [0, 0.05) is 43.4 Å². The number of amides is 3. The van der Waals surface area contributed by atoms with Crippen LogP contribution in [0.15, 0.2) is 11.6 Å². The van der Waals surface area contributed by atoms with Crippen molar-refractivity contribution in [3.05, 3.63) is 11.6 Å². The summed E-state index contributed by atoms with van der Waals surface area (Å²) >= 11 is 0. The Labute approximate surface area is 408 Å². The number of hydrogen-bond donors (Lipinski definition) is 3. The van der Waals surface area contributed by atoms with Gasteiger partial charge in [-0.2, -0.15) is 0 Å². The average molecular weight is 941 g/mol. The van der Waals surface area contributed by atoms with Crippen molar-refractivity contribution < 1.29 is 33.4 Å². The summed E-state index contributed by atoms with van der Waals surface area (Å²) in [4.78, 5) is 54.0. The van der Waals surface area contributed by atoms with Crippen LogP contribution in [0.4, 0.5) is 9.59 Å². The predicted molar refractivity (Wildman–Crippen MR) is 272 cm³/mol. The second kappa shape index (κ2) is 23.9. The fourth-order valence-corrected chi connectivity index (χ4v) is 12.7. The zero-order valence-corrected chi connectivity index (χ0v) is 45.5. The van der Waals surface area contributed by atoms with E-state index in [-0.39, 0.29) is 36.2 Å². The van der Waals surface area contributed by atoms with Crippen molar-refractivity contribution in [1.82, 2.24) is 20.9 Å². The Morgan fingerprint density at radius 2 is 1.36 bits per heavy atom. The van der Waals surface area contributed by atoms with Crippen LogP contribution in [-0.4, -0.2) is 83.5 Å². The third-order valence-corrected chi connectivity index (χ3v) is 16.3. The Balaban J connectivity index is 1.25. The lowest BCUT2D eigenvalue weighted by atomic mass is 9.47. The quantitative estimate of drug-likeness (QED) is 0.0399.